The monoisotopic (exact) mass is 239 g/mol. The molecule has 90 valence electrons. The first-order valence-electron chi connectivity index (χ1n) is 6.04. The zero-order chi connectivity index (χ0) is 12.5. The molecule has 1 aromatic heterocycles. The highest BCUT2D eigenvalue weighted by molar-refractivity contribution is 5.84. The lowest BCUT2D eigenvalue weighted by molar-refractivity contribution is 0.627. The van der Waals surface area contributed by atoms with Gasteiger partial charge in [0.25, 0.3) is 0 Å². The van der Waals surface area contributed by atoms with Crippen molar-refractivity contribution in [3.05, 3.63) is 71.2 Å². The van der Waals surface area contributed by atoms with Crippen LogP contribution in [0.4, 0.5) is 4.39 Å². The highest BCUT2D eigenvalue weighted by Crippen LogP contribution is 2.24. The van der Waals surface area contributed by atoms with E-state index in [4.69, 9.17) is 0 Å². The summed E-state index contributed by atoms with van der Waals surface area (Å²) in [4.78, 5) is 3.38. The highest BCUT2D eigenvalue weighted by Gasteiger charge is 2.08. The third-order valence-corrected chi connectivity index (χ3v) is 3.32. The molecule has 0 fully saturated rings. The Bertz CT molecular complexity index is 680. The molecule has 0 aliphatic rings. The van der Waals surface area contributed by atoms with E-state index in [1.54, 1.807) is 0 Å². The molecule has 3 aromatic rings. The summed E-state index contributed by atoms with van der Waals surface area (Å²) in [6.07, 6.45) is 0.829. The lowest BCUT2D eigenvalue weighted by Gasteiger charge is -2.02. The van der Waals surface area contributed by atoms with Crippen LogP contribution in [0.25, 0.3) is 10.9 Å². The normalized spacial score (nSPS) is 11.0. The van der Waals surface area contributed by atoms with Crippen molar-refractivity contribution >= 4 is 10.9 Å². The molecular weight excluding hydrogens is 225 g/mol. The Morgan fingerprint density at radius 3 is 2.50 bits per heavy atom. The van der Waals surface area contributed by atoms with Crippen molar-refractivity contribution in [3.8, 4) is 0 Å². The second-order valence-electron chi connectivity index (χ2n) is 4.58. The molecule has 0 radical (unpaired) electrons. The zero-order valence-electron chi connectivity index (χ0n) is 10.2. The van der Waals surface area contributed by atoms with E-state index in [0.717, 1.165) is 17.5 Å². The molecule has 1 nitrogen and oxygen atoms in total. The molecule has 1 heterocycles. The number of rotatable bonds is 2. The van der Waals surface area contributed by atoms with E-state index in [9.17, 15) is 4.39 Å². The second kappa shape index (κ2) is 4.30. The Balaban J connectivity index is 2.04. The number of halogens is 1. The fraction of sp³-hybridized carbons (Fsp3) is 0.125. The van der Waals surface area contributed by atoms with Crippen LogP contribution in [-0.4, -0.2) is 4.98 Å². The first kappa shape index (κ1) is 11.0. The number of H-pyrrole nitrogens is 1. The summed E-state index contributed by atoms with van der Waals surface area (Å²) in [6, 6.07) is 15.0. The fourth-order valence-corrected chi connectivity index (χ4v) is 2.37. The lowest BCUT2D eigenvalue weighted by Crippen LogP contribution is -1.89. The summed E-state index contributed by atoms with van der Waals surface area (Å²) in [5.41, 5.74) is 4.76. The van der Waals surface area contributed by atoms with Gasteiger partial charge in [0.1, 0.15) is 5.82 Å². The molecular formula is C16H14FN. The Hall–Kier alpha value is -2.09. The van der Waals surface area contributed by atoms with E-state index in [1.807, 2.05) is 24.3 Å². The third-order valence-electron chi connectivity index (χ3n) is 3.32. The van der Waals surface area contributed by atoms with Crippen LogP contribution in [0.3, 0.4) is 0 Å². The van der Waals surface area contributed by atoms with Gasteiger partial charge in [0.05, 0.1) is 0 Å². The van der Waals surface area contributed by atoms with Gasteiger partial charge in [0.2, 0.25) is 0 Å². The molecule has 2 heteroatoms. The van der Waals surface area contributed by atoms with Crippen LogP contribution >= 0.6 is 0 Å². The Labute approximate surface area is 105 Å². The van der Waals surface area contributed by atoms with Crippen molar-refractivity contribution in [3.63, 3.8) is 0 Å². The molecule has 0 aliphatic heterocycles. The third kappa shape index (κ3) is 1.90. The zero-order valence-corrected chi connectivity index (χ0v) is 10.2. The van der Waals surface area contributed by atoms with Gasteiger partial charge in [-0.15, -0.1) is 0 Å². The smallest absolute Gasteiger partial charge is 0.123 e. The van der Waals surface area contributed by atoms with Gasteiger partial charge in [-0.05, 0) is 42.7 Å². The summed E-state index contributed by atoms with van der Waals surface area (Å²) >= 11 is 0. The number of para-hydroxylation sites is 1. The fourth-order valence-electron chi connectivity index (χ4n) is 2.37. The highest BCUT2D eigenvalue weighted by atomic mass is 19.1. The number of aromatic amines is 1. The minimum atomic E-state index is -0.186. The average molecular weight is 239 g/mol. The van der Waals surface area contributed by atoms with Gasteiger partial charge in [-0.2, -0.15) is 0 Å². The molecule has 2 aromatic carbocycles. The molecule has 0 aliphatic carbocycles. The van der Waals surface area contributed by atoms with Crippen molar-refractivity contribution in [2.45, 2.75) is 13.3 Å². The van der Waals surface area contributed by atoms with Gasteiger partial charge >= 0.3 is 0 Å². The molecule has 0 amide bonds. The topological polar surface area (TPSA) is 15.8 Å². The number of nitrogens with one attached hydrogen (secondary N) is 1. The van der Waals surface area contributed by atoms with Crippen molar-refractivity contribution in [2.24, 2.45) is 0 Å². The van der Waals surface area contributed by atoms with Gasteiger partial charge < -0.3 is 4.98 Å². The molecule has 3 rings (SSSR count). The maximum atomic E-state index is 12.9. The van der Waals surface area contributed by atoms with Crippen molar-refractivity contribution in [2.75, 3.05) is 0 Å². The van der Waals surface area contributed by atoms with E-state index in [0.29, 0.717) is 0 Å². The SMILES string of the molecule is Cc1[nH]c2ccccc2c1Cc1ccc(F)cc1. The van der Waals surface area contributed by atoms with Crippen LogP contribution in [0.2, 0.25) is 0 Å². The van der Waals surface area contributed by atoms with Crippen LogP contribution in [0, 0.1) is 12.7 Å². The average Bonchev–Trinajstić information content (AvgIpc) is 2.69. The number of aryl methyl sites for hydroxylation is 1. The van der Waals surface area contributed by atoms with Gasteiger partial charge in [-0.25, -0.2) is 4.39 Å². The number of fused-ring (bicyclic) bond motifs is 1. The van der Waals surface area contributed by atoms with E-state index in [2.05, 4.69) is 24.0 Å². The van der Waals surface area contributed by atoms with Gasteiger partial charge in [0, 0.05) is 16.6 Å². The van der Waals surface area contributed by atoms with Crippen molar-refractivity contribution < 1.29 is 4.39 Å². The van der Waals surface area contributed by atoms with Gasteiger partial charge in [0.15, 0.2) is 0 Å². The number of hydrogen-bond donors (Lipinski definition) is 1. The second-order valence-corrected chi connectivity index (χ2v) is 4.58. The molecule has 18 heavy (non-hydrogen) atoms. The quantitative estimate of drug-likeness (QED) is 0.689. The van der Waals surface area contributed by atoms with E-state index in [-0.39, 0.29) is 5.82 Å². The van der Waals surface area contributed by atoms with Crippen LogP contribution in [-0.2, 0) is 6.42 Å². The minimum absolute atomic E-state index is 0.186. The molecule has 1 N–H and O–H groups in total. The van der Waals surface area contributed by atoms with Gasteiger partial charge in [-0.1, -0.05) is 30.3 Å². The predicted octanol–water partition coefficient (Wildman–Crippen LogP) is 4.21. The minimum Gasteiger partial charge on any atom is -0.358 e. The van der Waals surface area contributed by atoms with Crippen LogP contribution in [0.15, 0.2) is 48.5 Å². The van der Waals surface area contributed by atoms with E-state index < -0.39 is 0 Å². The summed E-state index contributed by atoms with van der Waals surface area (Å²) in [5.74, 6) is -0.186. The van der Waals surface area contributed by atoms with Crippen LogP contribution < -0.4 is 0 Å². The number of aromatic nitrogens is 1. The van der Waals surface area contributed by atoms with E-state index in [1.165, 1.54) is 28.8 Å². The summed E-state index contributed by atoms with van der Waals surface area (Å²) in [5, 5.41) is 1.25. The van der Waals surface area contributed by atoms with E-state index >= 15 is 0 Å². The first-order chi connectivity index (χ1) is 8.74. The van der Waals surface area contributed by atoms with Crippen LogP contribution in [0.5, 0.6) is 0 Å². The molecule has 0 atom stereocenters. The molecule has 0 unspecified atom stereocenters. The largest absolute Gasteiger partial charge is 0.358 e. The Morgan fingerprint density at radius 2 is 1.72 bits per heavy atom. The molecule has 0 saturated heterocycles. The first-order valence-corrected chi connectivity index (χ1v) is 6.04. The Kier molecular flexibility index (Phi) is 2.63. The summed E-state index contributed by atoms with van der Waals surface area (Å²) < 4.78 is 12.9. The standard InChI is InChI=1S/C16H14FN/c1-11-15(10-12-6-8-13(17)9-7-12)14-4-2-3-5-16(14)18-11/h2-9,18H,10H2,1H3. The van der Waals surface area contributed by atoms with Crippen molar-refractivity contribution in [1.29, 1.82) is 0 Å². The Morgan fingerprint density at radius 1 is 1.00 bits per heavy atom. The van der Waals surface area contributed by atoms with Gasteiger partial charge in [-0.3, -0.25) is 0 Å². The predicted molar refractivity (Wildman–Crippen MR) is 72.2 cm³/mol. The summed E-state index contributed by atoms with van der Waals surface area (Å²) in [6.45, 7) is 2.08. The summed E-state index contributed by atoms with van der Waals surface area (Å²) in [7, 11) is 0. The molecule has 0 bridgehead atoms. The number of benzene rings is 2. The lowest BCUT2D eigenvalue weighted by atomic mass is 10.0. The number of hydrogen-bond acceptors (Lipinski definition) is 0. The molecule has 0 spiro atoms. The maximum absolute atomic E-state index is 12.9. The molecule has 0 saturated carbocycles. The van der Waals surface area contributed by atoms with Crippen LogP contribution in [0.1, 0.15) is 16.8 Å². The van der Waals surface area contributed by atoms with Crippen molar-refractivity contribution in [1.82, 2.24) is 4.98 Å². The maximum Gasteiger partial charge on any atom is 0.123 e.